The van der Waals surface area contributed by atoms with Crippen LogP contribution in [0.15, 0.2) is 65.1 Å². The Morgan fingerprint density at radius 3 is 2.52 bits per heavy atom. The zero-order valence-corrected chi connectivity index (χ0v) is 15.3. The van der Waals surface area contributed by atoms with Gasteiger partial charge in [0.05, 0.1) is 5.02 Å². The van der Waals surface area contributed by atoms with Crippen LogP contribution in [-0.2, 0) is 6.54 Å². The van der Waals surface area contributed by atoms with E-state index in [1.54, 1.807) is 12.1 Å². The van der Waals surface area contributed by atoms with Crippen molar-refractivity contribution in [2.24, 2.45) is 0 Å². The van der Waals surface area contributed by atoms with Crippen molar-refractivity contribution < 1.29 is 14.8 Å². The highest BCUT2D eigenvalue weighted by Crippen LogP contribution is 2.31. The van der Waals surface area contributed by atoms with Crippen LogP contribution in [0.3, 0.4) is 0 Å². The SMILES string of the molecule is C[C@@H]([NH2+]Cc1ccc(-c2ccc(Cl)cc2Cl)o1)[C@@H](O)c1ccccc1. The number of halogens is 2. The lowest BCUT2D eigenvalue weighted by atomic mass is 10.0. The van der Waals surface area contributed by atoms with E-state index in [2.05, 4.69) is 5.32 Å². The van der Waals surface area contributed by atoms with Gasteiger partial charge < -0.3 is 14.8 Å². The highest BCUT2D eigenvalue weighted by Gasteiger charge is 2.19. The first-order chi connectivity index (χ1) is 12.0. The zero-order chi connectivity index (χ0) is 17.8. The molecule has 0 saturated carbocycles. The summed E-state index contributed by atoms with van der Waals surface area (Å²) in [4.78, 5) is 0. The molecule has 0 spiro atoms. The van der Waals surface area contributed by atoms with Gasteiger partial charge in [-0.05, 0) is 42.8 Å². The summed E-state index contributed by atoms with van der Waals surface area (Å²) in [6.45, 7) is 2.63. The van der Waals surface area contributed by atoms with Gasteiger partial charge in [0.25, 0.3) is 0 Å². The summed E-state index contributed by atoms with van der Waals surface area (Å²) in [6.07, 6.45) is -0.527. The third-order valence-electron chi connectivity index (χ3n) is 4.19. The maximum absolute atomic E-state index is 10.4. The fourth-order valence-electron chi connectivity index (χ4n) is 2.71. The summed E-state index contributed by atoms with van der Waals surface area (Å²) in [7, 11) is 0. The Hall–Kier alpha value is -1.78. The van der Waals surface area contributed by atoms with Crippen LogP contribution in [0.5, 0.6) is 0 Å². The van der Waals surface area contributed by atoms with Crippen LogP contribution in [0.1, 0.15) is 24.4 Å². The van der Waals surface area contributed by atoms with Gasteiger partial charge in [0, 0.05) is 10.6 Å². The number of hydrogen-bond donors (Lipinski definition) is 2. The topological polar surface area (TPSA) is 50.0 Å². The van der Waals surface area contributed by atoms with Crippen LogP contribution in [-0.4, -0.2) is 11.1 Å². The molecule has 3 aromatic rings. The molecule has 3 N–H and O–H groups in total. The predicted octanol–water partition coefficient (Wildman–Crippen LogP) is 4.44. The summed E-state index contributed by atoms with van der Waals surface area (Å²) in [6, 6.07) is 18.8. The lowest BCUT2D eigenvalue weighted by Gasteiger charge is -2.17. The molecule has 0 bridgehead atoms. The Balaban J connectivity index is 1.64. The van der Waals surface area contributed by atoms with Crippen molar-refractivity contribution in [2.45, 2.75) is 25.6 Å². The molecule has 0 aliphatic heterocycles. The molecule has 0 fully saturated rings. The van der Waals surface area contributed by atoms with Gasteiger partial charge in [-0.15, -0.1) is 0 Å². The molecule has 0 aliphatic rings. The van der Waals surface area contributed by atoms with E-state index in [1.165, 1.54) is 0 Å². The lowest BCUT2D eigenvalue weighted by Crippen LogP contribution is -2.88. The lowest BCUT2D eigenvalue weighted by molar-refractivity contribution is -0.710. The van der Waals surface area contributed by atoms with Crippen molar-refractivity contribution in [2.75, 3.05) is 0 Å². The number of aliphatic hydroxyl groups is 1. The van der Waals surface area contributed by atoms with Crippen molar-refractivity contribution in [3.8, 4) is 11.3 Å². The normalized spacial score (nSPS) is 13.6. The molecule has 3 rings (SSSR count). The van der Waals surface area contributed by atoms with Crippen LogP contribution in [0.25, 0.3) is 11.3 Å². The van der Waals surface area contributed by atoms with Gasteiger partial charge in [0.2, 0.25) is 0 Å². The molecule has 0 aliphatic carbocycles. The van der Waals surface area contributed by atoms with Crippen LogP contribution in [0, 0.1) is 0 Å². The maximum Gasteiger partial charge on any atom is 0.158 e. The molecule has 0 amide bonds. The molecular formula is C20H20Cl2NO2+. The highest BCUT2D eigenvalue weighted by molar-refractivity contribution is 6.36. The molecule has 2 atom stereocenters. The van der Waals surface area contributed by atoms with E-state index in [0.29, 0.717) is 22.4 Å². The summed E-state index contributed by atoms with van der Waals surface area (Å²) >= 11 is 12.2. The zero-order valence-electron chi connectivity index (χ0n) is 13.8. The fraction of sp³-hybridized carbons (Fsp3) is 0.200. The molecule has 5 heteroatoms. The Bertz CT molecular complexity index is 833. The Kier molecular flexibility index (Phi) is 5.82. The number of nitrogens with two attached hydrogens (primary N) is 1. The summed E-state index contributed by atoms with van der Waals surface area (Å²) < 4.78 is 5.89. The van der Waals surface area contributed by atoms with Crippen LogP contribution < -0.4 is 5.32 Å². The van der Waals surface area contributed by atoms with Gasteiger partial charge >= 0.3 is 0 Å². The highest BCUT2D eigenvalue weighted by atomic mass is 35.5. The smallest absolute Gasteiger partial charge is 0.158 e. The minimum absolute atomic E-state index is 0.00932. The predicted molar refractivity (Wildman–Crippen MR) is 101 cm³/mol. The van der Waals surface area contributed by atoms with Crippen molar-refractivity contribution in [3.05, 3.63) is 82.0 Å². The van der Waals surface area contributed by atoms with Gasteiger partial charge in [0.1, 0.15) is 24.5 Å². The van der Waals surface area contributed by atoms with Gasteiger partial charge in [-0.2, -0.15) is 0 Å². The molecule has 0 unspecified atom stereocenters. The van der Waals surface area contributed by atoms with Crippen LogP contribution in [0.4, 0.5) is 0 Å². The van der Waals surface area contributed by atoms with E-state index >= 15 is 0 Å². The first-order valence-electron chi connectivity index (χ1n) is 8.15. The Morgan fingerprint density at radius 1 is 1.04 bits per heavy atom. The summed E-state index contributed by atoms with van der Waals surface area (Å²) in [5.74, 6) is 1.54. The number of quaternary nitrogens is 1. The van der Waals surface area contributed by atoms with E-state index in [9.17, 15) is 5.11 Å². The van der Waals surface area contributed by atoms with E-state index in [0.717, 1.165) is 16.9 Å². The standard InChI is InChI=1S/C20H19Cl2NO2/c1-13(20(24)14-5-3-2-4-6-14)23-12-16-8-10-19(25-16)17-9-7-15(21)11-18(17)22/h2-11,13,20,23-24H,12H2,1H3/p+1/t13-,20-/m1/s1. The second-order valence-electron chi connectivity index (χ2n) is 6.04. The molecule has 3 nitrogen and oxygen atoms in total. The Morgan fingerprint density at radius 2 is 1.80 bits per heavy atom. The first-order valence-corrected chi connectivity index (χ1v) is 8.90. The molecule has 1 aromatic heterocycles. The minimum atomic E-state index is -0.527. The molecule has 0 saturated heterocycles. The largest absolute Gasteiger partial charge is 0.455 e. The maximum atomic E-state index is 10.4. The van der Waals surface area contributed by atoms with Gasteiger partial charge in [-0.3, -0.25) is 0 Å². The number of benzene rings is 2. The molecule has 0 radical (unpaired) electrons. The first kappa shape index (κ1) is 18.0. The third kappa shape index (κ3) is 4.44. The quantitative estimate of drug-likeness (QED) is 0.667. The minimum Gasteiger partial charge on any atom is -0.455 e. The van der Waals surface area contributed by atoms with Crippen LogP contribution in [0.2, 0.25) is 10.0 Å². The summed E-state index contributed by atoms with van der Waals surface area (Å²) in [5.41, 5.74) is 1.73. The van der Waals surface area contributed by atoms with Crippen LogP contribution >= 0.6 is 23.2 Å². The average Bonchev–Trinajstić information content (AvgIpc) is 3.08. The van der Waals surface area contributed by atoms with Gasteiger partial charge in [-0.25, -0.2) is 0 Å². The molecule has 2 aromatic carbocycles. The van der Waals surface area contributed by atoms with E-state index in [4.69, 9.17) is 27.6 Å². The van der Waals surface area contributed by atoms with E-state index < -0.39 is 6.10 Å². The van der Waals surface area contributed by atoms with Crippen molar-refractivity contribution in [1.82, 2.24) is 0 Å². The number of aliphatic hydroxyl groups excluding tert-OH is 1. The van der Waals surface area contributed by atoms with Gasteiger partial charge in [0.15, 0.2) is 5.76 Å². The van der Waals surface area contributed by atoms with Crippen molar-refractivity contribution in [3.63, 3.8) is 0 Å². The van der Waals surface area contributed by atoms with Crippen molar-refractivity contribution in [1.29, 1.82) is 0 Å². The second-order valence-corrected chi connectivity index (χ2v) is 6.89. The van der Waals surface area contributed by atoms with E-state index in [1.807, 2.05) is 55.5 Å². The van der Waals surface area contributed by atoms with Gasteiger partial charge in [-0.1, -0.05) is 53.5 Å². The third-order valence-corrected chi connectivity index (χ3v) is 4.74. The summed E-state index contributed by atoms with van der Waals surface area (Å²) in [5, 5.41) is 13.6. The number of furan rings is 1. The number of rotatable bonds is 6. The molecule has 130 valence electrons. The number of hydrogen-bond acceptors (Lipinski definition) is 2. The molecule has 25 heavy (non-hydrogen) atoms. The Labute approximate surface area is 157 Å². The fourth-order valence-corrected chi connectivity index (χ4v) is 3.21. The molecular weight excluding hydrogens is 357 g/mol. The monoisotopic (exact) mass is 376 g/mol. The van der Waals surface area contributed by atoms with Crippen molar-refractivity contribution >= 4 is 23.2 Å². The molecule has 1 heterocycles. The second kappa shape index (κ2) is 8.07. The average molecular weight is 377 g/mol. The van der Waals surface area contributed by atoms with E-state index in [-0.39, 0.29) is 6.04 Å².